The quantitative estimate of drug-likeness (QED) is 0.873. The van der Waals surface area contributed by atoms with Crippen LogP contribution >= 0.6 is 11.8 Å². The van der Waals surface area contributed by atoms with Crippen molar-refractivity contribution < 1.29 is 14.6 Å². The molecule has 1 unspecified atom stereocenters. The normalized spacial score (nSPS) is 16.3. The van der Waals surface area contributed by atoms with E-state index in [9.17, 15) is 4.79 Å². The van der Waals surface area contributed by atoms with E-state index in [1.807, 2.05) is 37.3 Å². The molecule has 1 aliphatic rings. The molecule has 0 amide bonds. The molecule has 2 aromatic rings. The van der Waals surface area contributed by atoms with Crippen molar-refractivity contribution in [2.24, 2.45) is 0 Å². The summed E-state index contributed by atoms with van der Waals surface area (Å²) in [6.45, 7) is 1.81. The van der Waals surface area contributed by atoms with Crippen LogP contribution in [0.4, 0.5) is 0 Å². The largest absolute Gasteiger partial charge is 0.489 e. The third-order valence-corrected chi connectivity index (χ3v) is 4.71. The highest BCUT2D eigenvalue weighted by Crippen LogP contribution is 2.31. The highest BCUT2D eigenvalue weighted by atomic mass is 32.2. The van der Waals surface area contributed by atoms with E-state index in [-0.39, 0.29) is 6.10 Å². The summed E-state index contributed by atoms with van der Waals surface area (Å²) in [7, 11) is 0. The van der Waals surface area contributed by atoms with Gasteiger partial charge in [-0.1, -0.05) is 24.3 Å². The van der Waals surface area contributed by atoms with Crippen molar-refractivity contribution >= 4 is 17.7 Å². The van der Waals surface area contributed by atoms with Crippen molar-refractivity contribution in [3.63, 3.8) is 0 Å². The number of fused-ring (bicyclic) bond motifs is 1. The van der Waals surface area contributed by atoms with Crippen LogP contribution in [0.15, 0.2) is 47.4 Å². The fraction of sp³-hybridized carbons (Fsp3) is 0.235. The average molecular weight is 300 g/mol. The Hall–Kier alpha value is -1.94. The van der Waals surface area contributed by atoms with Crippen LogP contribution in [-0.2, 0) is 6.42 Å². The van der Waals surface area contributed by atoms with E-state index in [0.29, 0.717) is 5.56 Å². The molecule has 4 heteroatoms. The summed E-state index contributed by atoms with van der Waals surface area (Å²) >= 11 is 1.64. The molecule has 108 valence electrons. The van der Waals surface area contributed by atoms with Gasteiger partial charge >= 0.3 is 5.97 Å². The first-order valence-corrected chi connectivity index (χ1v) is 7.83. The van der Waals surface area contributed by atoms with E-state index in [4.69, 9.17) is 9.84 Å². The topological polar surface area (TPSA) is 46.5 Å². The summed E-state index contributed by atoms with van der Waals surface area (Å²) < 4.78 is 5.89. The number of para-hydroxylation sites is 1. The van der Waals surface area contributed by atoms with Gasteiger partial charge in [0.15, 0.2) is 0 Å². The lowest BCUT2D eigenvalue weighted by Gasteiger charge is -2.11. The smallest absolute Gasteiger partial charge is 0.335 e. The second-order valence-electron chi connectivity index (χ2n) is 5.14. The van der Waals surface area contributed by atoms with Gasteiger partial charge in [-0.15, -0.1) is 11.8 Å². The van der Waals surface area contributed by atoms with Crippen LogP contribution in [-0.4, -0.2) is 22.9 Å². The zero-order chi connectivity index (χ0) is 14.8. The summed E-state index contributed by atoms with van der Waals surface area (Å²) in [5.41, 5.74) is 2.41. The lowest BCUT2D eigenvalue weighted by molar-refractivity contribution is 0.0696. The Labute approximate surface area is 127 Å². The van der Waals surface area contributed by atoms with Gasteiger partial charge in [0.1, 0.15) is 11.9 Å². The molecule has 21 heavy (non-hydrogen) atoms. The summed E-state index contributed by atoms with van der Waals surface area (Å²) in [4.78, 5) is 12.1. The van der Waals surface area contributed by atoms with E-state index in [2.05, 4.69) is 6.07 Å². The predicted octanol–water partition coefficient (Wildman–Crippen LogP) is 3.79. The molecule has 0 fully saturated rings. The van der Waals surface area contributed by atoms with Crippen molar-refractivity contribution in [1.82, 2.24) is 0 Å². The van der Waals surface area contributed by atoms with Gasteiger partial charge in [0.25, 0.3) is 0 Å². The monoisotopic (exact) mass is 300 g/mol. The van der Waals surface area contributed by atoms with Gasteiger partial charge in [0.2, 0.25) is 0 Å². The number of thioether (sulfide) groups is 1. The molecule has 1 aliphatic heterocycles. The van der Waals surface area contributed by atoms with Gasteiger partial charge in [-0.05, 0) is 36.2 Å². The number of rotatable bonds is 4. The van der Waals surface area contributed by atoms with Crippen LogP contribution in [0.5, 0.6) is 5.75 Å². The SMILES string of the molecule is Cc1ccc(SCC2Cc3ccccc3O2)cc1C(=O)O. The van der Waals surface area contributed by atoms with E-state index in [0.717, 1.165) is 28.4 Å². The zero-order valence-corrected chi connectivity index (χ0v) is 12.5. The van der Waals surface area contributed by atoms with Gasteiger partial charge in [-0.2, -0.15) is 0 Å². The Kier molecular flexibility index (Phi) is 3.88. The molecule has 1 N–H and O–H groups in total. The third kappa shape index (κ3) is 3.05. The Morgan fingerprint density at radius 3 is 2.90 bits per heavy atom. The van der Waals surface area contributed by atoms with Crippen LogP contribution in [0.3, 0.4) is 0 Å². The number of benzene rings is 2. The summed E-state index contributed by atoms with van der Waals surface area (Å²) in [5, 5.41) is 9.15. The second kappa shape index (κ2) is 5.82. The first kappa shape index (κ1) is 14.0. The first-order chi connectivity index (χ1) is 10.1. The number of aryl methyl sites for hydroxylation is 1. The fourth-order valence-corrected chi connectivity index (χ4v) is 3.39. The number of hydrogen-bond donors (Lipinski definition) is 1. The lowest BCUT2D eigenvalue weighted by atomic mass is 10.1. The Bertz CT molecular complexity index is 656. The van der Waals surface area contributed by atoms with Crippen molar-refractivity contribution in [1.29, 1.82) is 0 Å². The molecule has 0 saturated carbocycles. The minimum atomic E-state index is -0.875. The van der Waals surface area contributed by atoms with Crippen molar-refractivity contribution in [3.8, 4) is 5.75 Å². The zero-order valence-electron chi connectivity index (χ0n) is 11.7. The second-order valence-corrected chi connectivity index (χ2v) is 6.24. The first-order valence-electron chi connectivity index (χ1n) is 6.85. The maximum absolute atomic E-state index is 11.1. The molecular formula is C17H16O3S. The van der Waals surface area contributed by atoms with Gasteiger partial charge in [-0.25, -0.2) is 4.79 Å². The van der Waals surface area contributed by atoms with Gasteiger partial charge < -0.3 is 9.84 Å². The Morgan fingerprint density at radius 1 is 1.33 bits per heavy atom. The van der Waals surface area contributed by atoms with Crippen LogP contribution in [0.25, 0.3) is 0 Å². The number of carboxylic acid groups (broad SMARTS) is 1. The third-order valence-electron chi connectivity index (χ3n) is 3.59. The van der Waals surface area contributed by atoms with E-state index < -0.39 is 5.97 Å². The summed E-state index contributed by atoms with van der Waals surface area (Å²) in [6, 6.07) is 13.7. The van der Waals surface area contributed by atoms with Crippen LogP contribution in [0.2, 0.25) is 0 Å². The lowest BCUT2D eigenvalue weighted by Crippen LogP contribution is -2.15. The molecule has 0 bridgehead atoms. The van der Waals surface area contributed by atoms with Crippen molar-refractivity contribution in [3.05, 3.63) is 59.2 Å². The van der Waals surface area contributed by atoms with Gasteiger partial charge in [0.05, 0.1) is 5.56 Å². The molecule has 0 saturated heterocycles. The van der Waals surface area contributed by atoms with E-state index in [1.165, 1.54) is 5.56 Å². The molecule has 3 nitrogen and oxygen atoms in total. The fourth-order valence-electron chi connectivity index (χ4n) is 2.46. The maximum atomic E-state index is 11.1. The molecule has 0 aromatic heterocycles. The van der Waals surface area contributed by atoms with Gasteiger partial charge in [-0.3, -0.25) is 0 Å². The van der Waals surface area contributed by atoms with Gasteiger partial charge in [0, 0.05) is 17.1 Å². The molecule has 0 spiro atoms. The number of carbonyl (C=O) groups is 1. The van der Waals surface area contributed by atoms with E-state index in [1.54, 1.807) is 17.8 Å². The van der Waals surface area contributed by atoms with Crippen molar-refractivity contribution in [2.75, 3.05) is 5.75 Å². The number of carboxylic acids is 1. The standard InChI is InChI=1S/C17H16O3S/c1-11-6-7-14(9-15(11)17(18)19)21-10-13-8-12-4-2-3-5-16(12)20-13/h2-7,9,13H,8,10H2,1H3,(H,18,19). The highest BCUT2D eigenvalue weighted by molar-refractivity contribution is 7.99. The molecule has 1 heterocycles. The molecule has 0 radical (unpaired) electrons. The average Bonchev–Trinajstić information content (AvgIpc) is 2.89. The molecule has 3 rings (SSSR count). The molecule has 0 aliphatic carbocycles. The minimum Gasteiger partial charge on any atom is -0.489 e. The van der Waals surface area contributed by atoms with Crippen LogP contribution in [0.1, 0.15) is 21.5 Å². The van der Waals surface area contributed by atoms with Crippen molar-refractivity contribution in [2.45, 2.75) is 24.3 Å². The molecule has 2 aromatic carbocycles. The molecule has 1 atom stereocenters. The number of ether oxygens (including phenoxy) is 1. The molecular weight excluding hydrogens is 284 g/mol. The van der Waals surface area contributed by atoms with Crippen LogP contribution < -0.4 is 4.74 Å². The van der Waals surface area contributed by atoms with E-state index >= 15 is 0 Å². The maximum Gasteiger partial charge on any atom is 0.335 e. The summed E-state index contributed by atoms with van der Waals surface area (Å²) in [6.07, 6.45) is 1.07. The van der Waals surface area contributed by atoms with Crippen LogP contribution in [0, 0.1) is 6.92 Å². The number of aromatic carboxylic acids is 1. The number of hydrogen-bond acceptors (Lipinski definition) is 3. The summed E-state index contributed by atoms with van der Waals surface area (Å²) in [5.74, 6) is 0.911. The Balaban J connectivity index is 1.64. The Morgan fingerprint density at radius 2 is 2.14 bits per heavy atom. The highest BCUT2D eigenvalue weighted by Gasteiger charge is 2.22. The minimum absolute atomic E-state index is 0.155. The predicted molar refractivity (Wildman–Crippen MR) is 83.4 cm³/mol.